The Kier molecular flexibility index (Phi) is 4.97. The van der Waals surface area contributed by atoms with Gasteiger partial charge in [-0.15, -0.1) is 0 Å². The second kappa shape index (κ2) is 6.71. The zero-order valence-electron chi connectivity index (χ0n) is 11.7. The van der Waals surface area contributed by atoms with Crippen molar-refractivity contribution in [3.8, 4) is 5.75 Å². The van der Waals surface area contributed by atoms with Crippen molar-refractivity contribution in [3.63, 3.8) is 0 Å². The Morgan fingerprint density at radius 1 is 1.42 bits per heavy atom. The first-order chi connectivity index (χ1) is 9.16. The van der Waals surface area contributed by atoms with Crippen molar-refractivity contribution in [1.29, 1.82) is 0 Å². The number of hydrogen-bond donors (Lipinski definition) is 1. The predicted molar refractivity (Wildman–Crippen MR) is 75.8 cm³/mol. The number of allylic oxidation sites excluding steroid dienone is 1. The van der Waals surface area contributed by atoms with E-state index in [9.17, 15) is 4.39 Å². The third-order valence-electron chi connectivity index (χ3n) is 3.23. The molecule has 0 spiro atoms. The molecular formula is C16H22FNO. The molecule has 1 aromatic rings. The molecule has 0 radical (unpaired) electrons. The van der Waals surface area contributed by atoms with Crippen LogP contribution >= 0.6 is 0 Å². The smallest absolute Gasteiger partial charge is 0.165 e. The van der Waals surface area contributed by atoms with E-state index in [1.165, 1.54) is 6.07 Å². The number of nitrogens with one attached hydrogen (secondary N) is 1. The molecule has 0 fully saturated rings. The van der Waals surface area contributed by atoms with Gasteiger partial charge in [-0.25, -0.2) is 4.39 Å². The largest absolute Gasteiger partial charge is 0.483 e. The van der Waals surface area contributed by atoms with Crippen LogP contribution in [0.3, 0.4) is 0 Å². The summed E-state index contributed by atoms with van der Waals surface area (Å²) in [4.78, 5) is 0. The molecule has 1 aliphatic rings. The molecule has 1 N–H and O–H groups in total. The molecule has 0 aliphatic heterocycles. The fourth-order valence-electron chi connectivity index (χ4n) is 2.17. The Hall–Kier alpha value is -1.35. The fraction of sp³-hybridized carbons (Fsp3) is 0.500. The number of halogens is 1. The summed E-state index contributed by atoms with van der Waals surface area (Å²) in [5.41, 5.74) is 0.882. The molecule has 0 heterocycles. The van der Waals surface area contributed by atoms with E-state index < -0.39 is 0 Å². The van der Waals surface area contributed by atoms with Gasteiger partial charge >= 0.3 is 0 Å². The molecule has 1 atom stereocenters. The number of ether oxygens (including phenoxy) is 1. The summed E-state index contributed by atoms with van der Waals surface area (Å²) in [6.45, 7) is 4.77. The third kappa shape index (κ3) is 4.06. The monoisotopic (exact) mass is 263 g/mol. The molecule has 0 aromatic heterocycles. The number of benzene rings is 1. The highest BCUT2D eigenvalue weighted by Gasteiger charge is 2.16. The Morgan fingerprint density at radius 2 is 2.26 bits per heavy atom. The Labute approximate surface area is 114 Å². The van der Waals surface area contributed by atoms with E-state index in [0.717, 1.165) is 24.8 Å². The van der Waals surface area contributed by atoms with E-state index in [0.29, 0.717) is 18.3 Å². The topological polar surface area (TPSA) is 21.3 Å². The molecule has 104 valence electrons. The van der Waals surface area contributed by atoms with Crippen LogP contribution in [0, 0.1) is 5.82 Å². The fourth-order valence-corrected chi connectivity index (χ4v) is 2.17. The van der Waals surface area contributed by atoms with Crippen LogP contribution in [0.5, 0.6) is 5.75 Å². The molecule has 2 nitrogen and oxygen atoms in total. The molecule has 0 saturated carbocycles. The van der Waals surface area contributed by atoms with Crippen LogP contribution in [0.2, 0.25) is 0 Å². The van der Waals surface area contributed by atoms with Crippen molar-refractivity contribution in [1.82, 2.24) is 5.32 Å². The SMILES string of the molecule is CC(C)NCc1cccc(F)c1OC1C=CCCC1. The maximum Gasteiger partial charge on any atom is 0.165 e. The zero-order chi connectivity index (χ0) is 13.7. The lowest BCUT2D eigenvalue weighted by Gasteiger charge is -2.21. The molecule has 1 unspecified atom stereocenters. The Morgan fingerprint density at radius 3 is 2.95 bits per heavy atom. The molecule has 1 aromatic carbocycles. The van der Waals surface area contributed by atoms with Crippen LogP contribution in [-0.2, 0) is 6.54 Å². The van der Waals surface area contributed by atoms with Gasteiger partial charge in [0.25, 0.3) is 0 Å². The number of rotatable bonds is 5. The van der Waals surface area contributed by atoms with Crippen molar-refractivity contribution >= 4 is 0 Å². The van der Waals surface area contributed by atoms with Crippen LogP contribution in [0.15, 0.2) is 30.4 Å². The highest BCUT2D eigenvalue weighted by atomic mass is 19.1. The standard InChI is InChI=1S/C16H22FNO/c1-12(2)18-11-13-7-6-10-15(17)16(13)19-14-8-4-3-5-9-14/h4,6-8,10,12,14,18H,3,5,9,11H2,1-2H3. The number of hydrogen-bond acceptors (Lipinski definition) is 2. The van der Waals surface area contributed by atoms with Gasteiger partial charge in [-0.3, -0.25) is 0 Å². The van der Waals surface area contributed by atoms with Crippen LogP contribution in [0.1, 0.15) is 38.7 Å². The van der Waals surface area contributed by atoms with Crippen molar-refractivity contribution in [3.05, 3.63) is 41.7 Å². The van der Waals surface area contributed by atoms with E-state index in [1.807, 2.05) is 12.1 Å². The highest BCUT2D eigenvalue weighted by Crippen LogP contribution is 2.26. The molecule has 3 heteroatoms. The second-order valence-corrected chi connectivity index (χ2v) is 5.28. The Balaban J connectivity index is 2.12. The normalized spacial score (nSPS) is 18.8. The first-order valence-corrected chi connectivity index (χ1v) is 7.01. The second-order valence-electron chi connectivity index (χ2n) is 5.28. The lowest BCUT2D eigenvalue weighted by molar-refractivity contribution is 0.217. The van der Waals surface area contributed by atoms with Gasteiger partial charge < -0.3 is 10.1 Å². The average molecular weight is 263 g/mol. The molecule has 19 heavy (non-hydrogen) atoms. The molecule has 1 aliphatic carbocycles. The average Bonchev–Trinajstić information content (AvgIpc) is 2.40. The van der Waals surface area contributed by atoms with Crippen molar-refractivity contribution < 1.29 is 9.13 Å². The van der Waals surface area contributed by atoms with E-state index in [4.69, 9.17) is 4.74 Å². The first kappa shape index (κ1) is 14.1. The molecule has 0 saturated heterocycles. The molecule has 0 bridgehead atoms. The third-order valence-corrected chi connectivity index (χ3v) is 3.23. The summed E-state index contributed by atoms with van der Waals surface area (Å²) in [5.74, 6) is 0.120. The highest BCUT2D eigenvalue weighted by molar-refractivity contribution is 5.35. The van der Waals surface area contributed by atoms with E-state index >= 15 is 0 Å². The van der Waals surface area contributed by atoms with Crippen LogP contribution in [0.4, 0.5) is 4.39 Å². The van der Waals surface area contributed by atoms with E-state index in [-0.39, 0.29) is 11.9 Å². The number of para-hydroxylation sites is 1. The van der Waals surface area contributed by atoms with E-state index in [2.05, 4.69) is 25.2 Å². The summed E-state index contributed by atoms with van der Waals surface area (Å²) >= 11 is 0. The zero-order valence-corrected chi connectivity index (χ0v) is 11.7. The van der Waals surface area contributed by atoms with Crippen molar-refractivity contribution in [2.24, 2.45) is 0 Å². The van der Waals surface area contributed by atoms with Gasteiger partial charge in [0, 0.05) is 18.2 Å². The van der Waals surface area contributed by atoms with Gasteiger partial charge in [0.05, 0.1) is 0 Å². The maximum atomic E-state index is 14.0. The van der Waals surface area contributed by atoms with Crippen LogP contribution < -0.4 is 10.1 Å². The summed E-state index contributed by atoms with van der Waals surface area (Å²) in [5, 5.41) is 3.30. The lowest BCUT2D eigenvalue weighted by Crippen LogP contribution is -2.23. The van der Waals surface area contributed by atoms with Gasteiger partial charge in [0.1, 0.15) is 6.10 Å². The first-order valence-electron chi connectivity index (χ1n) is 7.01. The Bertz CT molecular complexity index is 442. The van der Waals surface area contributed by atoms with Gasteiger partial charge in [-0.2, -0.15) is 0 Å². The van der Waals surface area contributed by atoms with Crippen LogP contribution in [-0.4, -0.2) is 12.1 Å². The molecular weight excluding hydrogens is 241 g/mol. The van der Waals surface area contributed by atoms with E-state index in [1.54, 1.807) is 6.07 Å². The van der Waals surface area contributed by atoms with Gasteiger partial charge in [-0.05, 0) is 31.4 Å². The van der Waals surface area contributed by atoms with Crippen LogP contribution in [0.25, 0.3) is 0 Å². The molecule has 0 amide bonds. The summed E-state index contributed by atoms with van der Waals surface area (Å²) < 4.78 is 19.8. The summed E-state index contributed by atoms with van der Waals surface area (Å²) in [6.07, 6.45) is 7.32. The quantitative estimate of drug-likeness (QED) is 0.816. The van der Waals surface area contributed by atoms with Crippen molar-refractivity contribution in [2.45, 2.75) is 51.8 Å². The maximum absolute atomic E-state index is 14.0. The minimum Gasteiger partial charge on any atom is -0.483 e. The van der Waals surface area contributed by atoms with Gasteiger partial charge in [-0.1, -0.05) is 32.1 Å². The predicted octanol–water partition coefficient (Wildman–Crippen LogP) is 3.81. The minimum absolute atomic E-state index is 0.00319. The van der Waals surface area contributed by atoms with Crippen molar-refractivity contribution in [2.75, 3.05) is 0 Å². The van der Waals surface area contributed by atoms with Gasteiger partial charge in [0.15, 0.2) is 11.6 Å². The molecule has 2 rings (SSSR count). The van der Waals surface area contributed by atoms with Gasteiger partial charge in [0.2, 0.25) is 0 Å². The lowest BCUT2D eigenvalue weighted by atomic mass is 10.1. The summed E-state index contributed by atoms with van der Waals surface area (Å²) in [7, 11) is 0. The minimum atomic E-state index is -0.276. The summed E-state index contributed by atoms with van der Waals surface area (Å²) in [6, 6.07) is 5.47.